The minimum Gasteiger partial charge on any atom is -0.359 e. The molecule has 2 amide bonds. The Morgan fingerprint density at radius 2 is 2.14 bits per heavy atom. The van der Waals surface area contributed by atoms with Crippen LogP contribution >= 0.6 is 0 Å². The monoisotopic (exact) mass is 298 g/mol. The summed E-state index contributed by atoms with van der Waals surface area (Å²) in [6.07, 6.45) is 3.20. The molecule has 0 aliphatic heterocycles. The number of carbonyl (C=O) groups excluding carboxylic acids is 2. The Hall–Kier alpha value is -3.16. The molecule has 0 aliphatic rings. The predicted octanol–water partition coefficient (Wildman–Crippen LogP) is 1.36. The molecule has 0 spiro atoms. The van der Waals surface area contributed by atoms with E-state index in [0.29, 0.717) is 11.5 Å². The smallest absolute Gasteiger partial charge is 0.248 e. The van der Waals surface area contributed by atoms with E-state index < -0.39 is 0 Å². The molecule has 3 rings (SSSR count). The SMILES string of the molecule is CC(=O)Nc1cnn(CC(=O)Nc2cccc3cc[nH]c23)n1. The van der Waals surface area contributed by atoms with E-state index in [2.05, 4.69) is 25.8 Å². The number of anilines is 2. The Morgan fingerprint density at radius 3 is 2.95 bits per heavy atom. The first-order valence-electron chi connectivity index (χ1n) is 6.65. The quantitative estimate of drug-likeness (QED) is 0.676. The average Bonchev–Trinajstić information content (AvgIpc) is 3.07. The molecule has 0 saturated carbocycles. The molecule has 0 saturated heterocycles. The van der Waals surface area contributed by atoms with E-state index in [1.807, 2.05) is 30.5 Å². The van der Waals surface area contributed by atoms with Crippen LogP contribution in [0.5, 0.6) is 0 Å². The lowest BCUT2D eigenvalue weighted by molar-refractivity contribution is -0.117. The number of para-hydroxylation sites is 1. The highest BCUT2D eigenvalue weighted by molar-refractivity contribution is 6.00. The average molecular weight is 298 g/mol. The van der Waals surface area contributed by atoms with Crippen LogP contribution in [0.1, 0.15) is 6.92 Å². The maximum Gasteiger partial charge on any atom is 0.248 e. The number of carbonyl (C=O) groups is 2. The van der Waals surface area contributed by atoms with E-state index >= 15 is 0 Å². The summed E-state index contributed by atoms with van der Waals surface area (Å²) in [4.78, 5) is 27.3. The first-order chi connectivity index (χ1) is 10.6. The predicted molar refractivity (Wildman–Crippen MR) is 81.3 cm³/mol. The van der Waals surface area contributed by atoms with Gasteiger partial charge in [0.2, 0.25) is 11.8 Å². The van der Waals surface area contributed by atoms with Gasteiger partial charge in [-0.2, -0.15) is 9.90 Å². The number of fused-ring (bicyclic) bond motifs is 1. The fourth-order valence-electron chi connectivity index (χ4n) is 2.12. The molecule has 3 N–H and O–H groups in total. The Bertz CT molecular complexity index is 835. The molecular weight excluding hydrogens is 284 g/mol. The van der Waals surface area contributed by atoms with Crippen LogP contribution in [0.25, 0.3) is 10.9 Å². The summed E-state index contributed by atoms with van der Waals surface area (Å²) in [6.45, 7) is 1.33. The van der Waals surface area contributed by atoms with Gasteiger partial charge in [-0.15, -0.1) is 5.10 Å². The van der Waals surface area contributed by atoms with Gasteiger partial charge in [-0.1, -0.05) is 12.1 Å². The second-order valence-corrected chi connectivity index (χ2v) is 4.74. The van der Waals surface area contributed by atoms with Gasteiger partial charge in [-0.3, -0.25) is 9.59 Å². The molecular formula is C14H14N6O2. The van der Waals surface area contributed by atoms with E-state index in [1.54, 1.807) is 0 Å². The van der Waals surface area contributed by atoms with Gasteiger partial charge in [0.15, 0.2) is 5.82 Å². The molecule has 3 aromatic rings. The molecule has 0 bridgehead atoms. The molecule has 8 nitrogen and oxygen atoms in total. The fraction of sp³-hybridized carbons (Fsp3) is 0.143. The van der Waals surface area contributed by atoms with Crippen molar-refractivity contribution < 1.29 is 9.59 Å². The summed E-state index contributed by atoms with van der Waals surface area (Å²) >= 11 is 0. The number of aromatic nitrogens is 4. The Kier molecular flexibility index (Phi) is 3.57. The Balaban J connectivity index is 1.68. The van der Waals surface area contributed by atoms with Gasteiger partial charge in [0.05, 0.1) is 17.4 Å². The highest BCUT2D eigenvalue weighted by atomic mass is 16.2. The normalized spacial score (nSPS) is 10.6. The van der Waals surface area contributed by atoms with E-state index in [0.717, 1.165) is 10.9 Å². The van der Waals surface area contributed by atoms with Crippen molar-refractivity contribution in [2.75, 3.05) is 10.6 Å². The number of aromatic amines is 1. The van der Waals surface area contributed by atoms with Gasteiger partial charge in [0.25, 0.3) is 0 Å². The molecule has 1 aromatic carbocycles. The molecule has 8 heteroatoms. The first kappa shape index (κ1) is 13.8. The lowest BCUT2D eigenvalue weighted by Crippen LogP contribution is -2.20. The fourth-order valence-corrected chi connectivity index (χ4v) is 2.12. The van der Waals surface area contributed by atoms with Crippen LogP contribution in [-0.4, -0.2) is 31.8 Å². The number of hydrogen-bond acceptors (Lipinski definition) is 4. The van der Waals surface area contributed by atoms with Crippen molar-refractivity contribution in [1.82, 2.24) is 20.0 Å². The molecule has 22 heavy (non-hydrogen) atoms. The van der Waals surface area contributed by atoms with Crippen LogP contribution in [0.3, 0.4) is 0 Å². The maximum absolute atomic E-state index is 12.1. The topological polar surface area (TPSA) is 105 Å². The largest absolute Gasteiger partial charge is 0.359 e. The second kappa shape index (κ2) is 5.68. The zero-order chi connectivity index (χ0) is 15.5. The minimum atomic E-state index is -0.257. The van der Waals surface area contributed by atoms with Crippen LogP contribution in [0.15, 0.2) is 36.7 Å². The summed E-state index contributed by atoms with van der Waals surface area (Å²) in [5.74, 6) is -0.186. The van der Waals surface area contributed by atoms with E-state index in [1.165, 1.54) is 17.9 Å². The summed E-state index contributed by atoms with van der Waals surface area (Å²) in [5, 5.41) is 14.2. The van der Waals surface area contributed by atoms with E-state index in [-0.39, 0.29) is 18.4 Å². The van der Waals surface area contributed by atoms with Gasteiger partial charge < -0.3 is 15.6 Å². The number of hydrogen-bond donors (Lipinski definition) is 3. The summed E-state index contributed by atoms with van der Waals surface area (Å²) in [6, 6.07) is 7.57. The Labute approximate surface area is 125 Å². The highest BCUT2D eigenvalue weighted by Crippen LogP contribution is 2.21. The minimum absolute atomic E-state index is 0.0450. The third-order valence-electron chi connectivity index (χ3n) is 2.99. The zero-order valence-corrected chi connectivity index (χ0v) is 11.8. The number of rotatable bonds is 4. The lowest BCUT2D eigenvalue weighted by Gasteiger charge is -2.06. The van der Waals surface area contributed by atoms with E-state index in [4.69, 9.17) is 0 Å². The van der Waals surface area contributed by atoms with Crippen molar-refractivity contribution >= 4 is 34.2 Å². The number of nitrogens with one attached hydrogen (secondary N) is 3. The molecule has 2 aromatic heterocycles. The number of H-pyrrole nitrogens is 1. The third-order valence-corrected chi connectivity index (χ3v) is 2.99. The lowest BCUT2D eigenvalue weighted by atomic mass is 10.2. The Morgan fingerprint density at radius 1 is 1.27 bits per heavy atom. The molecule has 0 unspecified atom stereocenters. The van der Waals surface area contributed by atoms with Crippen molar-refractivity contribution in [3.05, 3.63) is 36.7 Å². The van der Waals surface area contributed by atoms with Crippen molar-refractivity contribution in [2.24, 2.45) is 0 Å². The molecule has 112 valence electrons. The van der Waals surface area contributed by atoms with Crippen LogP contribution in [-0.2, 0) is 16.1 Å². The van der Waals surface area contributed by atoms with Gasteiger partial charge in [0.1, 0.15) is 6.54 Å². The van der Waals surface area contributed by atoms with Gasteiger partial charge in [0, 0.05) is 18.5 Å². The third kappa shape index (κ3) is 2.95. The van der Waals surface area contributed by atoms with E-state index in [9.17, 15) is 9.59 Å². The van der Waals surface area contributed by atoms with Crippen LogP contribution in [0.2, 0.25) is 0 Å². The standard InChI is InChI=1S/C14H14N6O2/c1-9(21)17-12-7-16-20(19-12)8-13(22)18-11-4-2-3-10-5-6-15-14(10)11/h2-7,15H,8H2,1H3,(H,18,22)(H,17,19,21). The molecule has 0 radical (unpaired) electrons. The second-order valence-electron chi connectivity index (χ2n) is 4.74. The maximum atomic E-state index is 12.1. The summed E-state index contributed by atoms with van der Waals surface area (Å²) < 4.78 is 0. The zero-order valence-electron chi connectivity index (χ0n) is 11.8. The van der Waals surface area contributed by atoms with Gasteiger partial charge in [-0.25, -0.2) is 0 Å². The van der Waals surface area contributed by atoms with Crippen LogP contribution in [0, 0.1) is 0 Å². The number of amides is 2. The van der Waals surface area contributed by atoms with Crippen LogP contribution < -0.4 is 10.6 Å². The number of nitrogens with zero attached hydrogens (tertiary/aromatic N) is 3. The van der Waals surface area contributed by atoms with Crippen molar-refractivity contribution in [2.45, 2.75) is 13.5 Å². The molecule has 0 aliphatic carbocycles. The van der Waals surface area contributed by atoms with Crippen molar-refractivity contribution in [3.63, 3.8) is 0 Å². The highest BCUT2D eigenvalue weighted by Gasteiger charge is 2.09. The van der Waals surface area contributed by atoms with Gasteiger partial charge >= 0.3 is 0 Å². The van der Waals surface area contributed by atoms with Crippen molar-refractivity contribution in [1.29, 1.82) is 0 Å². The van der Waals surface area contributed by atoms with Crippen molar-refractivity contribution in [3.8, 4) is 0 Å². The molecule has 2 heterocycles. The number of benzene rings is 1. The first-order valence-corrected chi connectivity index (χ1v) is 6.65. The molecule has 0 fully saturated rings. The summed E-state index contributed by atoms with van der Waals surface area (Å²) in [5.41, 5.74) is 1.56. The summed E-state index contributed by atoms with van der Waals surface area (Å²) in [7, 11) is 0. The molecule has 0 atom stereocenters. The van der Waals surface area contributed by atoms with Crippen LogP contribution in [0.4, 0.5) is 11.5 Å². The van der Waals surface area contributed by atoms with Gasteiger partial charge in [-0.05, 0) is 12.1 Å².